The lowest BCUT2D eigenvalue weighted by atomic mass is 10.1. The van der Waals surface area contributed by atoms with E-state index in [2.05, 4.69) is 0 Å². The van der Waals surface area contributed by atoms with Crippen LogP contribution in [-0.4, -0.2) is 16.7 Å². The van der Waals surface area contributed by atoms with Crippen LogP contribution in [0.1, 0.15) is 46.0 Å². The highest BCUT2D eigenvalue weighted by atomic mass is 31.2. The van der Waals surface area contributed by atoms with Crippen LogP contribution in [0.15, 0.2) is 0 Å². The zero-order valence-corrected chi connectivity index (χ0v) is 9.35. The minimum absolute atomic E-state index is 0.280. The predicted molar refractivity (Wildman–Crippen MR) is 52.9 cm³/mol. The van der Waals surface area contributed by atoms with Crippen LogP contribution < -0.4 is 0 Å². The summed E-state index contributed by atoms with van der Waals surface area (Å²) in [5, 5.41) is 0. The van der Waals surface area contributed by atoms with Crippen LogP contribution in [0.4, 0.5) is 0 Å². The average Bonchev–Trinajstić information content (AvgIpc) is 2.33. The number of hydrogen-bond acceptors (Lipinski definition) is 2. The summed E-state index contributed by atoms with van der Waals surface area (Å²) in [5.41, 5.74) is -0.334. The zero-order chi connectivity index (χ0) is 9.95. The lowest BCUT2D eigenvalue weighted by Gasteiger charge is -2.26. The highest BCUT2D eigenvalue weighted by molar-refractivity contribution is 7.52. The Kier molecular flexibility index (Phi) is 3.56. The predicted octanol–water partition coefficient (Wildman–Crippen LogP) is 2.93. The third-order valence-electron chi connectivity index (χ3n) is 2.53. The van der Waals surface area contributed by atoms with E-state index in [-0.39, 0.29) is 11.8 Å². The van der Waals surface area contributed by atoms with Crippen molar-refractivity contribution < 1.29 is 14.0 Å². The summed E-state index contributed by atoms with van der Waals surface area (Å²) < 4.78 is 16.8. The standard InChI is InChI=1S/C9H19O3P/c1-3-8-13(10,11)12-9(2)6-4-5-7-9/h3-8H2,1-2H3,(H,10,11). The van der Waals surface area contributed by atoms with Gasteiger partial charge >= 0.3 is 7.60 Å². The van der Waals surface area contributed by atoms with E-state index < -0.39 is 7.60 Å². The molecule has 1 N–H and O–H groups in total. The van der Waals surface area contributed by atoms with Gasteiger partial charge < -0.3 is 9.42 Å². The van der Waals surface area contributed by atoms with E-state index in [9.17, 15) is 9.46 Å². The minimum Gasteiger partial charge on any atom is -0.324 e. The molecule has 1 rings (SSSR count). The molecule has 1 saturated carbocycles. The van der Waals surface area contributed by atoms with E-state index in [1.165, 1.54) is 0 Å². The van der Waals surface area contributed by atoms with E-state index in [4.69, 9.17) is 4.52 Å². The Labute approximate surface area is 80.0 Å². The normalized spacial score (nSPS) is 25.8. The maximum atomic E-state index is 11.5. The van der Waals surface area contributed by atoms with Crippen molar-refractivity contribution in [1.82, 2.24) is 0 Å². The molecular weight excluding hydrogens is 187 g/mol. The van der Waals surface area contributed by atoms with Crippen LogP contribution in [0.2, 0.25) is 0 Å². The van der Waals surface area contributed by atoms with Crippen LogP contribution in [0.25, 0.3) is 0 Å². The van der Waals surface area contributed by atoms with E-state index in [1.807, 2.05) is 13.8 Å². The van der Waals surface area contributed by atoms with Crippen LogP contribution in [0, 0.1) is 0 Å². The first-order chi connectivity index (χ1) is 5.97. The quantitative estimate of drug-likeness (QED) is 0.719. The molecular formula is C9H19O3P. The molecule has 78 valence electrons. The van der Waals surface area contributed by atoms with Gasteiger partial charge in [-0.05, 0) is 26.2 Å². The van der Waals surface area contributed by atoms with Gasteiger partial charge in [0, 0.05) is 6.16 Å². The molecule has 3 nitrogen and oxygen atoms in total. The van der Waals surface area contributed by atoms with Gasteiger partial charge in [-0.15, -0.1) is 0 Å². The fraction of sp³-hybridized carbons (Fsp3) is 1.00. The Morgan fingerprint density at radius 1 is 1.46 bits per heavy atom. The van der Waals surface area contributed by atoms with Crippen molar-refractivity contribution in [3.05, 3.63) is 0 Å². The monoisotopic (exact) mass is 206 g/mol. The molecule has 13 heavy (non-hydrogen) atoms. The van der Waals surface area contributed by atoms with Gasteiger partial charge in [0.2, 0.25) is 0 Å². The first-order valence-electron chi connectivity index (χ1n) is 5.00. The molecule has 0 heterocycles. The van der Waals surface area contributed by atoms with E-state index in [0.717, 1.165) is 25.7 Å². The van der Waals surface area contributed by atoms with Gasteiger partial charge in [-0.1, -0.05) is 19.8 Å². The Morgan fingerprint density at radius 3 is 2.46 bits per heavy atom. The van der Waals surface area contributed by atoms with Crippen molar-refractivity contribution in [1.29, 1.82) is 0 Å². The molecule has 0 aromatic heterocycles. The molecule has 4 heteroatoms. The molecule has 0 radical (unpaired) electrons. The van der Waals surface area contributed by atoms with E-state index in [0.29, 0.717) is 6.42 Å². The number of hydrogen-bond donors (Lipinski definition) is 1. The molecule has 0 saturated heterocycles. The topological polar surface area (TPSA) is 46.5 Å². The van der Waals surface area contributed by atoms with Gasteiger partial charge in [0.05, 0.1) is 5.60 Å². The van der Waals surface area contributed by atoms with Gasteiger partial charge in [-0.2, -0.15) is 0 Å². The molecule has 1 aliphatic carbocycles. The summed E-state index contributed by atoms with van der Waals surface area (Å²) in [6.45, 7) is 3.84. The van der Waals surface area contributed by atoms with E-state index in [1.54, 1.807) is 0 Å². The third-order valence-corrected chi connectivity index (χ3v) is 4.27. The second-order valence-corrected chi connectivity index (χ2v) is 6.01. The Balaban J connectivity index is 2.51. The largest absolute Gasteiger partial charge is 0.328 e. The van der Waals surface area contributed by atoms with Crippen molar-refractivity contribution in [3.8, 4) is 0 Å². The molecule has 1 unspecified atom stereocenters. The molecule has 0 aromatic rings. The Bertz CT molecular complexity index is 209. The molecule has 0 amide bonds. The smallest absolute Gasteiger partial charge is 0.324 e. The third kappa shape index (κ3) is 3.41. The highest BCUT2D eigenvalue weighted by Gasteiger charge is 2.36. The minimum atomic E-state index is -3.31. The summed E-state index contributed by atoms with van der Waals surface area (Å²) in [6.07, 6.45) is 5.04. The summed E-state index contributed by atoms with van der Waals surface area (Å²) >= 11 is 0. The van der Waals surface area contributed by atoms with Crippen LogP contribution in [-0.2, 0) is 9.09 Å². The lowest BCUT2D eigenvalue weighted by Crippen LogP contribution is -2.23. The lowest BCUT2D eigenvalue weighted by molar-refractivity contribution is 0.0810. The summed E-state index contributed by atoms with van der Waals surface area (Å²) in [6, 6.07) is 0. The highest BCUT2D eigenvalue weighted by Crippen LogP contribution is 2.50. The number of rotatable bonds is 4. The second kappa shape index (κ2) is 4.12. The molecule has 0 aromatic carbocycles. The van der Waals surface area contributed by atoms with Gasteiger partial charge in [0.25, 0.3) is 0 Å². The van der Waals surface area contributed by atoms with Gasteiger partial charge in [-0.25, -0.2) is 0 Å². The maximum absolute atomic E-state index is 11.5. The summed E-state index contributed by atoms with van der Waals surface area (Å²) in [7, 11) is -3.31. The van der Waals surface area contributed by atoms with Crippen molar-refractivity contribution in [2.24, 2.45) is 0 Å². The Hall–Kier alpha value is 0.150. The van der Waals surface area contributed by atoms with Crippen molar-refractivity contribution in [3.63, 3.8) is 0 Å². The molecule has 1 fully saturated rings. The van der Waals surface area contributed by atoms with Gasteiger partial charge in [0.1, 0.15) is 0 Å². The molecule has 0 aliphatic heterocycles. The average molecular weight is 206 g/mol. The van der Waals surface area contributed by atoms with Gasteiger partial charge in [-0.3, -0.25) is 4.57 Å². The summed E-state index contributed by atoms with van der Waals surface area (Å²) in [4.78, 5) is 9.47. The van der Waals surface area contributed by atoms with E-state index >= 15 is 0 Å². The fourth-order valence-electron chi connectivity index (χ4n) is 1.89. The summed E-state index contributed by atoms with van der Waals surface area (Å²) in [5.74, 6) is 0. The zero-order valence-electron chi connectivity index (χ0n) is 8.45. The van der Waals surface area contributed by atoms with Crippen molar-refractivity contribution in [2.75, 3.05) is 6.16 Å². The van der Waals surface area contributed by atoms with Crippen LogP contribution in [0.3, 0.4) is 0 Å². The molecule has 1 aliphatic rings. The van der Waals surface area contributed by atoms with Crippen LogP contribution in [0.5, 0.6) is 0 Å². The molecule has 1 atom stereocenters. The van der Waals surface area contributed by atoms with Crippen LogP contribution >= 0.6 is 7.60 Å². The molecule has 0 bridgehead atoms. The molecule has 0 spiro atoms. The first kappa shape index (κ1) is 11.2. The van der Waals surface area contributed by atoms with Crippen molar-refractivity contribution >= 4 is 7.60 Å². The fourth-order valence-corrected chi connectivity index (χ4v) is 3.41. The maximum Gasteiger partial charge on any atom is 0.328 e. The SMILES string of the molecule is CCCP(=O)(O)OC1(C)CCCC1. The first-order valence-corrected chi connectivity index (χ1v) is 6.76. The second-order valence-electron chi connectivity index (χ2n) is 4.11. The van der Waals surface area contributed by atoms with Gasteiger partial charge in [0.15, 0.2) is 0 Å². The Morgan fingerprint density at radius 2 is 2.00 bits per heavy atom. The van der Waals surface area contributed by atoms with Crippen molar-refractivity contribution in [2.45, 2.75) is 51.6 Å².